The topological polar surface area (TPSA) is 60.2 Å². The Balaban J connectivity index is 1.57. The number of ketones is 1. The lowest BCUT2D eigenvalue weighted by Crippen LogP contribution is -2.03. The van der Waals surface area contributed by atoms with Gasteiger partial charge in [0.1, 0.15) is 11.6 Å². The Morgan fingerprint density at radius 2 is 1.41 bits per heavy atom. The molecule has 0 aliphatic heterocycles. The van der Waals surface area contributed by atoms with Gasteiger partial charge in [0.2, 0.25) is 0 Å². The van der Waals surface area contributed by atoms with E-state index in [4.69, 9.17) is 11.6 Å². The van der Waals surface area contributed by atoms with Crippen molar-refractivity contribution in [1.29, 1.82) is 0 Å². The summed E-state index contributed by atoms with van der Waals surface area (Å²) in [7, 11) is 0. The number of aryl methyl sites for hydroxylation is 1. The molecule has 4 nitrogen and oxygen atoms in total. The summed E-state index contributed by atoms with van der Waals surface area (Å²) >= 11 is 6.08. The van der Waals surface area contributed by atoms with Crippen molar-refractivity contribution in [2.75, 3.05) is 0 Å². The summed E-state index contributed by atoms with van der Waals surface area (Å²) in [6, 6.07) is 19.4. The highest BCUT2D eigenvalue weighted by Gasteiger charge is 2.18. The predicted octanol–water partition coefficient (Wildman–Crippen LogP) is 8.82. The predicted molar refractivity (Wildman–Crippen MR) is 142 cm³/mol. The first kappa shape index (κ1) is 26.2. The third-order valence-corrected chi connectivity index (χ3v) is 6.58. The Bertz CT molecular complexity index is 1450. The van der Waals surface area contributed by atoms with Crippen LogP contribution in [-0.2, 0) is 6.42 Å². The highest BCUT2D eigenvalue weighted by atomic mass is 35.5. The van der Waals surface area contributed by atoms with E-state index in [9.17, 15) is 14.9 Å². The molecule has 0 atom stereocenters. The molecule has 0 fully saturated rings. The van der Waals surface area contributed by atoms with Crippen LogP contribution >= 0.6 is 11.6 Å². The summed E-state index contributed by atoms with van der Waals surface area (Å²) in [6.45, 7) is 2.15. The Morgan fingerprint density at radius 1 is 0.838 bits per heavy atom. The first-order valence-electron chi connectivity index (χ1n) is 12.0. The van der Waals surface area contributed by atoms with Gasteiger partial charge in [-0.1, -0.05) is 79.9 Å². The van der Waals surface area contributed by atoms with Crippen molar-refractivity contribution in [2.45, 2.75) is 32.6 Å². The average Bonchev–Trinajstić information content (AvgIpc) is 2.90. The maximum atomic E-state index is 15.1. The largest absolute Gasteiger partial charge is 0.289 e. The molecule has 0 aliphatic rings. The number of halogens is 3. The molecule has 0 saturated heterocycles. The van der Waals surface area contributed by atoms with Crippen LogP contribution in [0.2, 0.25) is 5.02 Å². The van der Waals surface area contributed by atoms with Crippen molar-refractivity contribution in [3.63, 3.8) is 0 Å². The van der Waals surface area contributed by atoms with Gasteiger partial charge in [0.25, 0.3) is 5.69 Å². The van der Waals surface area contributed by atoms with Crippen molar-refractivity contribution < 1.29 is 18.5 Å². The number of hydrogen-bond donors (Lipinski definition) is 0. The molecule has 4 aromatic rings. The van der Waals surface area contributed by atoms with Crippen molar-refractivity contribution in [2.24, 2.45) is 0 Å². The summed E-state index contributed by atoms with van der Waals surface area (Å²) in [5, 5.41) is 11.1. The van der Waals surface area contributed by atoms with Crippen LogP contribution in [-0.4, -0.2) is 10.7 Å². The number of hydrogen-bond acceptors (Lipinski definition) is 3. The van der Waals surface area contributed by atoms with E-state index >= 15 is 8.78 Å². The van der Waals surface area contributed by atoms with Crippen LogP contribution < -0.4 is 0 Å². The number of carbonyl (C=O) groups is 1. The molecule has 0 N–H and O–H groups in total. The second kappa shape index (κ2) is 11.4. The van der Waals surface area contributed by atoms with Gasteiger partial charge in [0.15, 0.2) is 5.78 Å². The Kier molecular flexibility index (Phi) is 8.09. The van der Waals surface area contributed by atoms with Gasteiger partial charge >= 0.3 is 0 Å². The third kappa shape index (κ3) is 5.92. The molecule has 0 aliphatic carbocycles. The summed E-state index contributed by atoms with van der Waals surface area (Å²) in [4.78, 5) is 23.3. The van der Waals surface area contributed by atoms with Gasteiger partial charge in [-0.3, -0.25) is 14.9 Å². The molecule has 0 saturated carbocycles. The summed E-state index contributed by atoms with van der Waals surface area (Å²) < 4.78 is 30.1. The molecule has 0 aromatic heterocycles. The van der Waals surface area contributed by atoms with Crippen LogP contribution in [0.1, 0.15) is 47.7 Å². The van der Waals surface area contributed by atoms with Gasteiger partial charge in [0, 0.05) is 34.4 Å². The molecule has 0 heterocycles. The number of nitro groups is 1. The lowest BCUT2D eigenvalue weighted by Gasteiger charge is -2.10. The minimum Gasteiger partial charge on any atom is -0.289 e. The SMILES string of the molecule is CCCCCc1ccc(-c2cc(F)c(-c3ccc(C(=O)c4cc([N+](=O)[O-])ccc4Cl)cc3)cc2F)cc1. The maximum Gasteiger partial charge on any atom is 0.270 e. The van der Waals surface area contributed by atoms with Gasteiger partial charge < -0.3 is 0 Å². The molecule has 188 valence electrons. The molecule has 37 heavy (non-hydrogen) atoms. The minimum absolute atomic E-state index is 0.0124. The molecule has 0 spiro atoms. The van der Waals surface area contributed by atoms with E-state index in [-0.39, 0.29) is 33.0 Å². The number of benzene rings is 4. The van der Waals surface area contributed by atoms with Crippen molar-refractivity contribution in [3.05, 3.63) is 122 Å². The number of non-ortho nitro benzene ring substituents is 1. The molecule has 0 bridgehead atoms. The van der Waals surface area contributed by atoms with E-state index in [0.29, 0.717) is 11.1 Å². The van der Waals surface area contributed by atoms with Crippen molar-refractivity contribution in [3.8, 4) is 22.3 Å². The van der Waals surface area contributed by atoms with Gasteiger partial charge in [-0.2, -0.15) is 0 Å². The second-order valence-corrected chi connectivity index (χ2v) is 9.20. The molecule has 0 radical (unpaired) electrons. The molecule has 4 aromatic carbocycles. The zero-order valence-corrected chi connectivity index (χ0v) is 20.9. The molecular weight excluding hydrogens is 496 g/mol. The van der Waals surface area contributed by atoms with Crippen molar-refractivity contribution in [1.82, 2.24) is 0 Å². The lowest BCUT2D eigenvalue weighted by molar-refractivity contribution is -0.384. The van der Waals surface area contributed by atoms with E-state index in [1.807, 2.05) is 12.1 Å². The lowest BCUT2D eigenvalue weighted by atomic mass is 9.96. The Hall–Kier alpha value is -3.90. The molecule has 0 unspecified atom stereocenters. The molecular formula is C30H24ClF2NO3. The van der Waals surface area contributed by atoms with Gasteiger partial charge in [-0.05, 0) is 47.7 Å². The second-order valence-electron chi connectivity index (χ2n) is 8.79. The number of nitro benzene ring substituents is 1. The number of unbranched alkanes of at least 4 members (excludes halogenated alkanes) is 2. The third-order valence-electron chi connectivity index (χ3n) is 6.25. The van der Waals surface area contributed by atoms with Crippen molar-refractivity contribution >= 4 is 23.1 Å². The van der Waals surface area contributed by atoms with Gasteiger partial charge in [-0.25, -0.2) is 8.78 Å². The van der Waals surface area contributed by atoms with E-state index in [2.05, 4.69) is 6.92 Å². The van der Waals surface area contributed by atoms with Crippen LogP contribution in [0.15, 0.2) is 78.9 Å². The molecule has 0 amide bonds. The fraction of sp³-hybridized carbons (Fsp3) is 0.167. The van der Waals surface area contributed by atoms with E-state index in [1.165, 1.54) is 42.5 Å². The fourth-order valence-electron chi connectivity index (χ4n) is 4.18. The van der Waals surface area contributed by atoms with E-state index in [1.54, 1.807) is 12.1 Å². The summed E-state index contributed by atoms with van der Waals surface area (Å²) in [6.07, 6.45) is 4.34. The molecule has 4 rings (SSSR count). The van der Waals surface area contributed by atoms with E-state index in [0.717, 1.165) is 43.4 Å². The maximum absolute atomic E-state index is 15.1. The Labute approximate surface area is 218 Å². The number of carbonyl (C=O) groups excluding carboxylic acids is 1. The summed E-state index contributed by atoms with van der Waals surface area (Å²) in [5.41, 5.74) is 2.32. The monoisotopic (exact) mass is 519 g/mol. The van der Waals surface area contributed by atoms with E-state index < -0.39 is 22.3 Å². The number of rotatable bonds is 9. The Morgan fingerprint density at radius 3 is 1.95 bits per heavy atom. The normalized spacial score (nSPS) is 10.9. The minimum atomic E-state index is -0.612. The van der Waals surface area contributed by atoms with Crippen LogP contribution in [0.5, 0.6) is 0 Å². The highest BCUT2D eigenvalue weighted by Crippen LogP contribution is 2.32. The van der Waals surface area contributed by atoms with Crippen LogP contribution in [0.25, 0.3) is 22.3 Å². The fourth-order valence-corrected chi connectivity index (χ4v) is 4.38. The first-order valence-corrected chi connectivity index (χ1v) is 12.3. The average molecular weight is 520 g/mol. The van der Waals surface area contributed by atoms with Gasteiger partial charge in [-0.15, -0.1) is 0 Å². The standard InChI is InChI=1S/C30H24ClF2NO3/c1-2-3-4-5-19-6-8-20(9-7-19)24-17-29(33)25(18-28(24)32)21-10-12-22(13-11-21)30(35)26-16-23(34(36)37)14-15-27(26)31/h6-18H,2-5H2,1H3. The zero-order chi connectivity index (χ0) is 26.5. The van der Waals surface area contributed by atoms with Crippen LogP contribution in [0.4, 0.5) is 14.5 Å². The highest BCUT2D eigenvalue weighted by molar-refractivity contribution is 6.35. The smallest absolute Gasteiger partial charge is 0.270 e. The first-order chi connectivity index (χ1) is 17.8. The van der Waals surface area contributed by atoms with Crippen LogP contribution in [0, 0.1) is 21.7 Å². The summed E-state index contributed by atoms with van der Waals surface area (Å²) in [5.74, 6) is -1.66. The van der Waals surface area contributed by atoms with Gasteiger partial charge in [0.05, 0.1) is 9.95 Å². The number of nitrogens with zero attached hydrogens (tertiary/aromatic N) is 1. The van der Waals surface area contributed by atoms with Crippen LogP contribution in [0.3, 0.4) is 0 Å². The zero-order valence-electron chi connectivity index (χ0n) is 20.1. The quantitative estimate of drug-likeness (QED) is 0.0960. The molecule has 7 heteroatoms.